The van der Waals surface area contributed by atoms with Crippen LogP contribution in [0.1, 0.15) is 35.9 Å². The summed E-state index contributed by atoms with van der Waals surface area (Å²) in [4.78, 5) is 20.7. The summed E-state index contributed by atoms with van der Waals surface area (Å²) in [5, 5.41) is 7.97. The first-order valence-electron chi connectivity index (χ1n) is 7.65. The van der Waals surface area contributed by atoms with Crippen molar-refractivity contribution in [2.75, 3.05) is 5.32 Å². The van der Waals surface area contributed by atoms with E-state index in [9.17, 15) is 4.79 Å². The number of nitrogens with zero attached hydrogens (tertiary/aromatic N) is 4. The monoisotopic (exact) mass is 359 g/mol. The van der Waals surface area contributed by atoms with E-state index in [1.165, 1.54) is 23.3 Å². The largest absolute Gasteiger partial charge is 0.312 e. The zero-order valence-electron chi connectivity index (χ0n) is 13.2. The molecule has 3 rings (SSSR count). The number of thiazole rings is 1. The van der Waals surface area contributed by atoms with Gasteiger partial charge >= 0.3 is 0 Å². The van der Waals surface area contributed by atoms with Gasteiger partial charge in [0.15, 0.2) is 10.2 Å². The van der Waals surface area contributed by atoms with Crippen molar-refractivity contribution in [1.82, 2.24) is 19.2 Å². The van der Waals surface area contributed by atoms with Crippen LogP contribution in [0.5, 0.6) is 0 Å². The highest BCUT2D eigenvalue weighted by Gasteiger charge is 2.10. The first-order valence-corrected chi connectivity index (χ1v) is 9.24. The van der Waals surface area contributed by atoms with E-state index in [0.29, 0.717) is 10.6 Å². The number of carbonyl (C=O) groups excluding carboxylic acids is 1. The Morgan fingerprint density at radius 1 is 1.29 bits per heavy atom. The minimum atomic E-state index is -0.140. The summed E-state index contributed by atoms with van der Waals surface area (Å²) in [5.74, 6) is 0.705. The number of amides is 1. The van der Waals surface area contributed by atoms with Crippen molar-refractivity contribution in [3.63, 3.8) is 0 Å². The molecule has 2 aromatic heterocycles. The highest BCUT2D eigenvalue weighted by molar-refractivity contribution is 7.99. The molecule has 0 atom stereocenters. The van der Waals surface area contributed by atoms with Gasteiger partial charge in [0.05, 0.1) is 6.20 Å². The molecule has 2 heterocycles. The molecule has 0 saturated carbocycles. The van der Waals surface area contributed by atoms with Crippen molar-refractivity contribution in [3.8, 4) is 0 Å². The molecular formula is C16H17N5OS2. The summed E-state index contributed by atoms with van der Waals surface area (Å²) in [6, 6.07) is 9.11. The molecule has 124 valence electrons. The highest BCUT2D eigenvalue weighted by atomic mass is 32.2. The van der Waals surface area contributed by atoms with Crippen LogP contribution in [-0.2, 0) is 6.42 Å². The number of nitrogens with one attached hydrogen (secondary N) is 1. The maximum Gasteiger partial charge on any atom is 0.256 e. The van der Waals surface area contributed by atoms with Gasteiger partial charge in [-0.15, -0.1) is 5.10 Å². The second-order valence-electron chi connectivity index (χ2n) is 5.07. The van der Waals surface area contributed by atoms with Crippen LogP contribution in [0, 0.1) is 0 Å². The van der Waals surface area contributed by atoms with Crippen LogP contribution < -0.4 is 5.32 Å². The summed E-state index contributed by atoms with van der Waals surface area (Å²) in [6.07, 6.45) is 6.45. The van der Waals surface area contributed by atoms with E-state index in [-0.39, 0.29) is 5.91 Å². The molecule has 0 bridgehead atoms. The highest BCUT2D eigenvalue weighted by Crippen LogP contribution is 2.28. The number of carbonyl (C=O) groups is 1. The van der Waals surface area contributed by atoms with Crippen molar-refractivity contribution in [3.05, 3.63) is 54.2 Å². The lowest BCUT2D eigenvalue weighted by Crippen LogP contribution is -2.10. The van der Waals surface area contributed by atoms with Gasteiger partial charge in [-0.1, -0.05) is 42.9 Å². The maximum atomic E-state index is 12.1. The van der Waals surface area contributed by atoms with E-state index in [1.807, 2.05) is 18.2 Å². The van der Waals surface area contributed by atoms with E-state index in [0.717, 1.165) is 29.4 Å². The molecular weight excluding hydrogens is 342 g/mol. The third-order valence-corrected chi connectivity index (χ3v) is 5.01. The molecule has 0 aliphatic rings. The van der Waals surface area contributed by atoms with Crippen molar-refractivity contribution in [2.45, 2.75) is 30.5 Å². The van der Waals surface area contributed by atoms with Crippen molar-refractivity contribution < 1.29 is 4.79 Å². The molecule has 0 aliphatic heterocycles. The van der Waals surface area contributed by atoms with Crippen molar-refractivity contribution in [2.24, 2.45) is 0 Å². The van der Waals surface area contributed by atoms with Crippen LogP contribution in [0.15, 0.2) is 47.2 Å². The molecule has 1 amide bonds. The fraction of sp³-hybridized carbons (Fsp3) is 0.250. The Kier molecular flexibility index (Phi) is 5.60. The van der Waals surface area contributed by atoms with Gasteiger partial charge in [-0.3, -0.25) is 4.79 Å². The number of hydrogen-bond acceptors (Lipinski definition) is 6. The zero-order valence-corrected chi connectivity index (χ0v) is 14.8. The molecule has 0 saturated heterocycles. The molecule has 6 nitrogen and oxygen atoms in total. The number of rotatable bonds is 7. The lowest BCUT2D eigenvalue weighted by Gasteiger charge is -2.00. The first kappa shape index (κ1) is 16.7. The number of aryl methyl sites for hydroxylation is 1. The van der Waals surface area contributed by atoms with Crippen molar-refractivity contribution >= 4 is 34.2 Å². The average molecular weight is 359 g/mol. The summed E-state index contributed by atoms with van der Waals surface area (Å²) in [6.45, 7) is 2.15. The van der Waals surface area contributed by atoms with Crippen LogP contribution >= 0.6 is 23.3 Å². The smallest absolute Gasteiger partial charge is 0.256 e. The summed E-state index contributed by atoms with van der Waals surface area (Å²) >= 11 is 2.79. The first-order chi connectivity index (χ1) is 11.7. The van der Waals surface area contributed by atoms with Gasteiger partial charge < -0.3 is 5.32 Å². The number of hydrogen-bond donors (Lipinski definition) is 1. The Hall–Kier alpha value is -2.19. The fourth-order valence-electron chi connectivity index (χ4n) is 1.99. The third-order valence-electron chi connectivity index (χ3n) is 3.20. The molecule has 24 heavy (non-hydrogen) atoms. The third kappa shape index (κ3) is 4.42. The van der Waals surface area contributed by atoms with Gasteiger partial charge in [-0.05, 0) is 18.6 Å². The van der Waals surface area contributed by atoms with Gasteiger partial charge in [-0.25, -0.2) is 9.97 Å². The Morgan fingerprint density at radius 3 is 2.92 bits per heavy atom. The lowest BCUT2D eigenvalue weighted by atomic mass is 10.2. The Balaban J connectivity index is 1.59. The Bertz CT molecular complexity index is 800. The standard InChI is InChI=1S/C16H17N5OS2/c1-2-3-9-13-18-11-21(20-13)24-16-17-10-14(23-16)19-15(22)12-7-5-4-6-8-12/h4-8,10-11H,2-3,9H2,1H3,(H,19,22). The van der Waals surface area contributed by atoms with Crippen LogP contribution in [0.2, 0.25) is 0 Å². The Labute approximate surface area is 148 Å². The SMILES string of the molecule is CCCCc1ncn(Sc2ncc(NC(=O)c3ccccc3)s2)n1. The average Bonchev–Trinajstić information content (AvgIpc) is 3.23. The number of anilines is 1. The zero-order chi connectivity index (χ0) is 16.8. The topological polar surface area (TPSA) is 72.7 Å². The predicted octanol–water partition coefficient (Wildman–Crippen LogP) is 3.88. The summed E-state index contributed by atoms with van der Waals surface area (Å²) in [5.41, 5.74) is 0.622. The van der Waals surface area contributed by atoms with E-state index >= 15 is 0 Å². The van der Waals surface area contributed by atoms with Gasteiger partial charge in [0.25, 0.3) is 5.91 Å². The molecule has 0 unspecified atom stereocenters. The fourth-order valence-corrected chi connectivity index (χ4v) is 3.67. The van der Waals surface area contributed by atoms with Crippen LogP contribution in [-0.4, -0.2) is 25.1 Å². The lowest BCUT2D eigenvalue weighted by molar-refractivity contribution is 0.102. The van der Waals surface area contributed by atoms with Crippen LogP contribution in [0.3, 0.4) is 0 Å². The maximum absolute atomic E-state index is 12.1. The normalized spacial score (nSPS) is 10.7. The molecule has 0 spiro atoms. The molecule has 1 aromatic carbocycles. The molecule has 3 aromatic rings. The van der Waals surface area contributed by atoms with Crippen molar-refractivity contribution in [1.29, 1.82) is 0 Å². The number of unbranched alkanes of at least 4 members (excludes halogenated alkanes) is 1. The Morgan fingerprint density at radius 2 is 2.12 bits per heavy atom. The summed E-state index contributed by atoms with van der Waals surface area (Å²) in [7, 11) is 0. The number of benzene rings is 1. The van der Waals surface area contributed by atoms with Gasteiger partial charge in [0.1, 0.15) is 11.3 Å². The van der Waals surface area contributed by atoms with Gasteiger partial charge in [-0.2, -0.15) is 4.09 Å². The predicted molar refractivity (Wildman–Crippen MR) is 96.4 cm³/mol. The number of aromatic nitrogens is 4. The molecule has 0 aliphatic carbocycles. The van der Waals surface area contributed by atoms with E-state index < -0.39 is 0 Å². The second kappa shape index (κ2) is 8.07. The summed E-state index contributed by atoms with van der Waals surface area (Å²) < 4.78 is 2.50. The van der Waals surface area contributed by atoms with E-state index in [4.69, 9.17) is 0 Å². The quantitative estimate of drug-likeness (QED) is 0.693. The van der Waals surface area contributed by atoms with Gasteiger partial charge in [0, 0.05) is 23.9 Å². The van der Waals surface area contributed by atoms with Crippen LogP contribution in [0.25, 0.3) is 0 Å². The minimum Gasteiger partial charge on any atom is -0.312 e. The molecule has 0 fully saturated rings. The second-order valence-corrected chi connectivity index (χ2v) is 7.30. The van der Waals surface area contributed by atoms with Gasteiger partial charge in [0.2, 0.25) is 0 Å². The van der Waals surface area contributed by atoms with Crippen LogP contribution in [0.4, 0.5) is 5.00 Å². The molecule has 0 radical (unpaired) electrons. The molecule has 8 heteroatoms. The van der Waals surface area contributed by atoms with E-state index in [2.05, 4.69) is 27.3 Å². The minimum absolute atomic E-state index is 0.140. The molecule has 1 N–H and O–H groups in total. The van der Waals surface area contributed by atoms with E-state index in [1.54, 1.807) is 28.7 Å².